The van der Waals surface area contributed by atoms with Crippen LogP contribution in [0.5, 0.6) is 0 Å². The third-order valence-corrected chi connectivity index (χ3v) is 3.89. The van der Waals surface area contributed by atoms with E-state index in [0.717, 1.165) is 16.0 Å². The monoisotopic (exact) mass is 332 g/mol. The molecule has 24 heavy (non-hydrogen) atoms. The number of nitrogens with one attached hydrogen (secondary N) is 1. The van der Waals surface area contributed by atoms with E-state index >= 15 is 0 Å². The molecule has 0 spiro atoms. The van der Waals surface area contributed by atoms with Gasteiger partial charge < -0.3 is 0 Å². The van der Waals surface area contributed by atoms with Crippen LogP contribution in [-0.4, -0.2) is 35.6 Å². The van der Waals surface area contributed by atoms with Crippen molar-refractivity contribution in [1.82, 2.24) is 10.2 Å². The number of imide groups is 2. The number of carbonyl (C=O) groups excluding carboxylic acids is 4. The minimum absolute atomic E-state index is 0.0887. The van der Waals surface area contributed by atoms with E-state index in [1.165, 1.54) is 0 Å². The molecule has 0 bridgehead atoms. The first kappa shape index (κ1) is 19.5. The summed E-state index contributed by atoms with van der Waals surface area (Å²) in [4.78, 5) is 48.1. The van der Waals surface area contributed by atoms with Crippen LogP contribution in [-0.2, 0) is 14.4 Å². The Labute approximate surface area is 142 Å². The van der Waals surface area contributed by atoms with Crippen molar-refractivity contribution in [2.24, 2.45) is 0 Å². The van der Waals surface area contributed by atoms with Crippen molar-refractivity contribution in [2.75, 3.05) is 0 Å². The maximum atomic E-state index is 13.0. The quantitative estimate of drug-likeness (QED) is 0.739. The van der Waals surface area contributed by atoms with Crippen molar-refractivity contribution in [3.63, 3.8) is 0 Å². The van der Waals surface area contributed by atoms with Crippen LogP contribution in [0.15, 0.2) is 18.2 Å². The van der Waals surface area contributed by atoms with Gasteiger partial charge in [0, 0.05) is 5.56 Å². The van der Waals surface area contributed by atoms with Gasteiger partial charge in [-0.15, -0.1) is 0 Å². The summed E-state index contributed by atoms with van der Waals surface area (Å²) in [6, 6.07) is 4.48. The van der Waals surface area contributed by atoms with Gasteiger partial charge in [-0.1, -0.05) is 45.4 Å². The Kier molecular flexibility index (Phi) is 7.30. The highest BCUT2D eigenvalue weighted by Gasteiger charge is 2.31. The average molecular weight is 332 g/mol. The largest absolute Gasteiger partial charge is 0.297 e. The summed E-state index contributed by atoms with van der Waals surface area (Å²) < 4.78 is 0. The van der Waals surface area contributed by atoms with Crippen molar-refractivity contribution in [3.8, 4) is 0 Å². The summed E-state index contributed by atoms with van der Waals surface area (Å²) in [7, 11) is 0. The van der Waals surface area contributed by atoms with E-state index < -0.39 is 17.9 Å². The van der Waals surface area contributed by atoms with Crippen molar-refractivity contribution < 1.29 is 19.2 Å². The Morgan fingerprint density at radius 1 is 1.25 bits per heavy atom. The molecular formula is C18H24N2O4. The average Bonchev–Trinajstić information content (AvgIpc) is 2.54. The number of hydrogen-bond donors (Lipinski definition) is 1. The minimum Gasteiger partial charge on any atom is -0.297 e. The van der Waals surface area contributed by atoms with Gasteiger partial charge in [-0.3, -0.25) is 29.4 Å². The molecule has 0 aliphatic carbocycles. The van der Waals surface area contributed by atoms with Crippen LogP contribution in [0.3, 0.4) is 0 Å². The Balaban J connectivity index is 3.33. The number of carbonyl (C=O) groups is 4. The van der Waals surface area contributed by atoms with Crippen LogP contribution in [0.1, 0.15) is 61.0 Å². The molecule has 1 aromatic carbocycles. The van der Waals surface area contributed by atoms with Gasteiger partial charge in [0.05, 0.1) is 0 Å². The summed E-state index contributed by atoms with van der Waals surface area (Å²) in [5, 5.41) is 2.03. The van der Waals surface area contributed by atoms with Crippen LogP contribution in [0, 0.1) is 6.92 Å². The van der Waals surface area contributed by atoms with E-state index in [-0.39, 0.29) is 18.7 Å². The zero-order valence-corrected chi connectivity index (χ0v) is 14.5. The lowest BCUT2D eigenvalue weighted by Gasteiger charge is -2.26. The Morgan fingerprint density at radius 3 is 2.42 bits per heavy atom. The highest BCUT2D eigenvalue weighted by atomic mass is 16.2. The summed E-state index contributed by atoms with van der Waals surface area (Å²) in [5.41, 5.74) is 1.99. The van der Waals surface area contributed by atoms with Gasteiger partial charge >= 0.3 is 0 Å². The molecule has 0 aromatic heterocycles. The molecule has 0 aliphatic heterocycles. The van der Waals surface area contributed by atoms with Gasteiger partial charge in [0.25, 0.3) is 5.91 Å². The smallest absolute Gasteiger partial charge is 0.261 e. The number of hydrogen-bond acceptors (Lipinski definition) is 4. The van der Waals surface area contributed by atoms with Crippen molar-refractivity contribution in [2.45, 2.75) is 52.5 Å². The Bertz CT molecular complexity index is 625. The van der Waals surface area contributed by atoms with Crippen LogP contribution in [0.2, 0.25) is 0 Å². The third-order valence-electron chi connectivity index (χ3n) is 3.89. The third kappa shape index (κ3) is 4.28. The highest BCUT2D eigenvalue weighted by molar-refractivity contribution is 6.05. The second-order valence-electron chi connectivity index (χ2n) is 5.94. The molecular weight excluding hydrogens is 308 g/mol. The Hall–Kier alpha value is -2.50. The van der Waals surface area contributed by atoms with Gasteiger partial charge in [-0.05, 0) is 30.4 Å². The second kappa shape index (κ2) is 8.96. The summed E-state index contributed by atoms with van der Waals surface area (Å²) in [5.74, 6) is -1.09. The van der Waals surface area contributed by atoms with Gasteiger partial charge in [-0.25, -0.2) is 0 Å². The lowest BCUT2D eigenvalue weighted by molar-refractivity contribution is -0.133. The molecule has 0 radical (unpaired) electrons. The van der Waals surface area contributed by atoms with Crippen molar-refractivity contribution >= 4 is 24.6 Å². The van der Waals surface area contributed by atoms with E-state index in [1.807, 2.05) is 38.2 Å². The number of benzene rings is 1. The maximum absolute atomic E-state index is 13.0. The lowest BCUT2D eigenvalue weighted by Crippen LogP contribution is -2.49. The molecule has 6 heteroatoms. The molecule has 130 valence electrons. The van der Waals surface area contributed by atoms with Crippen LogP contribution in [0.25, 0.3) is 0 Å². The molecule has 1 aromatic rings. The van der Waals surface area contributed by atoms with Crippen LogP contribution in [0.4, 0.5) is 0 Å². The standard InChI is InChI=1S/C18H24N2O4/c1-5-7-15(17(23)19-10-21)20(11-22)18(24)16-13(4)8-6-9-14(16)12(2)3/h6,8-12,15H,5,7H2,1-4H3,(H,19,21,23). The number of rotatable bonds is 8. The maximum Gasteiger partial charge on any atom is 0.261 e. The number of aryl methyl sites for hydroxylation is 1. The molecule has 0 heterocycles. The molecule has 1 unspecified atom stereocenters. The first-order valence-corrected chi connectivity index (χ1v) is 8.00. The topological polar surface area (TPSA) is 83.6 Å². The van der Waals surface area contributed by atoms with Gasteiger partial charge in [-0.2, -0.15) is 0 Å². The van der Waals surface area contributed by atoms with Crippen molar-refractivity contribution in [1.29, 1.82) is 0 Å². The predicted octanol–water partition coefficient (Wildman–Crippen LogP) is 2.16. The van der Waals surface area contributed by atoms with E-state index in [4.69, 9.17) is 0 Å². The predicted molar refractivity (Wildman–Crippen MR) is 90.4 cm³/mol. The van der Waals surface area contributed by atoms with E-state index in [0.29, 0.717) is 18.4 Å². The van der Waals surface area contributed by atoms with Crippen LogP contribution < -0.4 is 5.32 Å². The molecule has 1 rings (SSSR count). The zero-order valence-electron chi connectivity index (χ0n) is 14.5. The lowest BCUT2D eigenvalue weighted by atomic mass is 9.92. The molecule has 0 aliphatic rings. The first-order valence-electron chi connectivity index (χ1n) is 8.00. The molecule has 4 amide bonds. The highest BCUT2D eigenvalue weighted by Crippen LogP contribution is 2.24. The molecule has 6 nitrogen and oxygen atoms in total. The fourth-order valence-corrected chi connectivity index (χ4v) is 2.68. The number of amides is 4. The first-order chi connectivity index (χ1) is 11.4. The van der Waals surface area contributed by atoms with Gasteiger partial charge in [0.2, 0.25) is 18.7 Å². The normalized spacial score (nSPS) is 11.7. The minimum atomic E-state index is -1.01. The molecule has 0 fully saturated rings. The molecule has 0 saturated carbocycles. The van der Waals surface area contributed by atoms with E-state index in [1.54, 1.807) is 13.0 Å². The van der Waals surface area contributed by atoms with E-state index in [9.17, 15) is 19.2 Å². The summed E-state index contributed by atoms with van der Waals surface area (Å²) >= 11 is 0. The van der Waals surface area contributed by atoms with E-state index in [2.05, 4.69) is 0 Å². The summed E-state index contributed by atoms with van der Waals surface area (Å²) in [6.45, 7) is 7.54. The molecule has 1 atom stereocenters. The zero-order chi connectivity index (χ0) is 18.3. The van der Waals surface area contributed by atoms with Crippen LogP contribution >= 0.6 is 0 Å². The second-order valence-corrected chi connectivity index (χ2v) is 5.94. The molecule has 0 saturated heterocycles. The fourth-order valence-electron chi connectivity index (χ4n) is 2.68. The molecule has 1 N–H and O–H groups in total. The number of nitrogens with zero attached hydrogens (tertiary/aromatic N) is 1. The Morgan fingerprint density at radius 2 is 1.92 bits per heavy atom. The van der Waals surface area contributed by atoms with Crippen molar-refractivity contribution in [3.05, 3.63) is 34.9 Å². The SMILES string of the molecule is CCCC(C(=O)NC=O)N(C=O)C(=O)c1c(C)cccc1C(C)C. The fraction of sp³-hybridized carbons (Fsp3) is 0.444. The summed E-state index contributed by atoms with van der Waals surface area (Å²) in [6.07, 6.45) is 1.49. The van der Waals surface area contributed by atoms with Gasteiger partial charge in [0.1, 0.15) is 6.04 Å². The van der Waals surface area contributed by atoms with Gasteiger partial charge in [0.15, 0.2) is 0 Å².